The molecule has 1 aromatic heterocycles. The molecule has 1 aliphatic rings. The minimum absolute atomic E-state index is 0.115. The fourth-order valence-corrected chi connectivity index (χ4v) is 3.54. The van der Waals surface area contributed by atoms with Gasteiger partial charge in [0.1, 0.15) is 18.2 Å². The molecule has 0 amide bonds. The molecule has 0 saturated carbocycles. The van der Waals surface area contributed by atoms with E-state index >= 15 is 0 Å². The van der Waals surface area contributed by atoms with Gasteiger partial charge < -0.3 is 14.2 Å². The molecule has 6 nitrogen and oxygen atoms in total. The Labute approximate surface area is 179 Å². The van der Waals surface area contributed by atoms with Crippen LogP contribution in [0, 0.1) is 19.7 Å². The maximum absolute atomic E-state index is 14.1. The van der Waals surface area contributed by atoms with E-state index < -0.39 is 18.1 Å². The molecule has 0 aliphatic carbocycles. The van der Waals surface area contributed by atoms with Crippen molar-refractivity contribution in [1.29, 1.82) is 0 Å². The summed E-state index contributed by atoms with van der Waals surface area (Å²) in [6, 6.07) is 12.2. The highest BCUT2D eigenvalue weighted by Gasteiger charge is 2.25. The number of nitrogens with zero attached hydrogens (tertiary/aromatic N) is 2. The number of carbonyl (C=O) groups is 1. The van der Waals surface area contributed by atoms with E-state index in [0.717, 1.165) is 22.5 Å². The van der Waals surface area contributed by atoms with Crippen molar-refractivity contribution >= 4 is 12.0 Å². The molecule has 31 heavy (non-hydrogen) atoms. The quantitative estimate of drug-likeness (QED) is 0.446. The van der Waals surface area contributed by atoms with E-state index in [1.165, 1.54) is 18.2 Å². The van der Waals surface area contributed by atoms with Crippen molar-refractivity contribution in [2.24, 2.45) is 7.05 Å². The molecule has 0 radical (unpaired) electrons. The van der Waals surface area contributed by atoms with E-state index in [9.17, 15) is 9.18 Å². The standard InChI is InChI=1S/C24H23FN2O4/c1-15-21(16(2)27(3)26-15)9-10-22(28)29-13-18-11-20(25)12-19-14-30-24(31-23(18)19)17-7-5-4-6-8-17/h4-12,24H,13-14H2,1-3H3/b10-9+/t24-/m1/s1. The summed E-state index contributed by atoms with van der Waals surface area (Å²) < 4.78 is 32.9. The fraction of sp³-hybridized carbons (Fsp3) is 0.250. The first-order valence-electron chi connectivity index (χ1n) is 9.92. The van der Waals surface area contributed by atoms with E-state index in [1.54, 1.807) is 10.8 Å². The number of fused-ring (bicyclic) bond motifs is 1. The first-order valence-corrected chi connectivity index (χ1v) is 9.92. The largest absolute Gasteiger partial charge is 0.460 e. The molecule has 1 aliphatic heterocycles. The van der Waals surface area contributed by atoms with Gasteiger partial charge in [0, 0.05) is 41.1 Å². The molecular weight excluding hydrogens is 399 g/mol. The Hall–Kier alpha value is -3.45. The van der Waals surface area contributed by atoms with E-state index in [0.29, 0.717) is 16.9 Å². The Morgan fingerprint density at radius 3 is 2.77 bits per heavy atom. The van der Waals surface area contributed by atoms with E-state index in [2.05, 4.69) is 5.10 Å². The molecule has 0 unspecified atom stereocenters. The monoisotopic (exact) mass is 422 g/mol. The van der Waals surface area contributed by atoms with Crippen molar-refractivity contribution in [3.63, 3.8) is 0 Å². The molecule has 2 heterocycles. The number of aryl methyl sites for hydroxylation is 2. The second-order valence-electron chi connectivity index (χ2n) is 7.37. The van der Waals surface area contributed by atoms with E-state index in [4.69, 9.17) is 14.2 Å². The average Bonchev–Trinajstić information content (AvgIpc) is 3.01. The molecule has 2 aromatic carbocycles. The molecule has 0 bridgehead atoms. The lowest BCUT2D eigenvalue weighted by atomic mass is 10.1. The summed E-state index contributed by atoms with van der Waals surface area (Å²) in [6.07, 6.45) is 2.42. The van der Waals surface area contributed by atoms with Gasteiger partial charge in [0.2, 0.25) is 6.29 Å². The maximum atomic E-state index is 14.1. The number of halogens is 1. The van der Waals surface area contributed by atoms with E-state index in [1.807, 2.05) is 51.2 Å². The zero-order chi connectivity index (χ0) is 22.0. The second kappa shape index (κ2) is 8.73. The van der Waals surface area contributed by atoms with Crippen molar-refractivity contribution < 1.29 is 23.4 Å². The van der Waals surface area contributed by atoms with Crippen LogP contribution in [0.2, 0.25) is 0 Å². The van der Waals surface area contributed by atoms with Crippen LogP contribution in [-0.4, -0.2) is 15.7 Å². The number of aromatic nitrogens is 2. The van der Waals surface area contributed by atoms with Crippen LogP contribution in [0.1, 0.15) is 39.9 Å². The molecule has 7 heteroatoms. The van der Waals surface area contributed by atoms with Crippen LogP contribution in [0.25, 0.3) is 6.08 Å². The number of esters is 1. The van der Waals surface area contributed by atoms with Gasteiger partial charge in [0.05, 0.1) is 12.3 Å². The first-order chi connectivity index (χ1) is 14.9. The lowest BCUT2D eigenvalue weighted by molar-refractivity contribution is -0.139. The summed E-state index contributed by atoms with van der Waals surface area (Å²) in [5.74, 6) is -0.489. The van der Waals surface area contributed by atoms with Gasteiger partial charge in [-0.05, 0) is 32.1 Å². The minimum atomic E-state index is -0.606. The number of hydrogen-bond acceptors (Lipinski definition) is 5. The molecule has 0 saturated heterocycles. The van der Waals surface area contributed by atoms with Crippen LogP contribution in [0.5, 0.6) is 5.75 Å². The van der Waals surface area contributed by atoms with Gasteiger partial charge in [-0.25, -0.2) is 9.18 Å². The van der Waals surface area contributed by atoms with Crippen LogP contribution in [0.15, 0.2) is 48.5 Å². The number of hydrogen-bond donors (Lipinski definition) is 0. The Morgan fingerprint density at radius 2 is 2.06 bits per heavy atom. The van der Waals surface area contributed by atoms with Gasteiger partial charge in [0.25, 0.3) is 0 Å². The Balaban J connectivity index is 1.48. The Bertz CT molecular complexity index is 1140. The van der Waals surface area contributed by atoms with Crippen molar-refractivity contribution in [1.82, 2.24) is 9.78 Å². The molecular formula is C24H23FN2O4. The number of carbonyl (C=O) groups excluding carboxylic acids is 1. The molecule has 0 N–H and O–H groups in total. The van der Waals surface area contributed by atoms with Gasteiger partial charge in [-0.1, -0.05) is 30.3 Å². The highest BCUT2D eigenvalue weighted by atomic mass is 19.1. The summed E-state index contributed by atoms with van der Waals surface area (Å²) in [7, 11) is 1.84. The summed E-state index contributed by atoms with van der Waals surface area (Å²) in [5, 5.41) is 4.32. The predicted octanol–water partition coefficient (Wildman–Crippen LogP) is 4.54. The third-order valence-electron chi connectivity index (χ3n) is 5.22. The van der Waals surface area contributed by atoms with Crippen molar-refractivity contribution in [3.05, 3.63) is 88.0 Å². The highest BCUT2D eigenvalue weighted by Crippen LogP contribution is 2.36. The molecule has 160 valence electrons. The summed E-state index contributed by atoms with van der Waals surface area (Å²) >= 11 is 0. The Kier molecular flexibility index (Phi) is 5.86. The fourth-order valence-electron chi connectivity index (χ4n) is 3.54. The topological polar surface area (TPSA) is 62.6 Å². The number of ether oxygens (including phenoxy) is 3. The SMILES string of the molecule is Cc1nn(C)c(C)c1/C=C/C(=O)OCc1cc(F)cc2c1O[C@H](c1ccccc1)OC2. The first kappa shape index (κ1) is 20.8. The van der Waals surface area contributed by atoms with Gasteiger partial charge in [-0.15, -0.1) is 0 Å². The van der Waals surface area contributed by atoms with Gasteiger partial charge in [-0.2, -0.15) is 5.10 Å². The summed E-state index contributed by atoms with van der Waals surface area (Å²) in [6.45, 7) is 3.88. The van der Waals surface area contributed by atoms with Crippen LogP contribution >= 0.6 is 0 Å². The van der Waals surface area contributed by atoms with Gasteiger partial charge in [0.15, 0.2) is 0 Å². The molecule has 1 atom stereocenters. The second-order valence-corrected chi connectivity index (χ2v) is 7.37. The van der Waals surface area contributed by atoms with Crippen LogP contribution in [0.3, 0.4) is 0 Å². The maximum Gasteiger partial charge on any atom is 0.331 e. The van der Waals surface area contributed by atoms with E-state index in [-0.39, 0.29) is 13.2 Å². The van der Waals surface area contributed by atoms with Gasteiger partial charge >= 0.3 is 5.97 Å². The van der Waals surface area contributed by atoms with Crippen LogP contribution in [0.4, 0.5) is 4.39 Å². The van der Waals surface area contributed by atoms with Crippen LogP contribution in [-0.2, 0) is 34.5 Å². The molecule has 3 aromatic rings. The van der Waals surface area contributed by atoms with Gasteiger partial charge in [-0.3, -0.25) is 4.68 Å². The predicted molar refractivity (Wildman–Crippen MR) is 113 cm³/mol. The minimum Gasteiger partial charge on any atom is -0.460 e. The highest BCUT2D eigenvalue weighted by molar-refractivity contribution is 5.87. The van der Waals surface area contributed by atoms with Crippen molar-refractivity contribution in [2.45, 2.75) is 33.4 Å². The third-order valence-corrected chi connectivity index (χ3v) is 5.22. The lowest BCUT2D eigenvalue weighted by Gasteiger charge is -2.28. The number of benzene rings is 2. The summed E-state index contributed by atoms with van der Waals surface area (Å²) in [5.41, 5.74) is 4.52. The average molecular weight is 422 g/mol. The number of rotatable bonds is 5. The van der Waals surface area contributed by atoms with Crippen LogP contribution < -0.4 is 4.74 Å². The third kappa shape index (κ3) is 4.51. The summed E-state index contributed by atoms with van der Waals surface area (Å²) in [4.78, 5) is 12.3. The molecule has 0 fully saturated rings. The lowest BCUT2D eigenvalue weighted by Crippen LogP contribution is -2.19. The normalized spacial score (nSPS) is 15.5. The molecule has 0 spiro atoms. The van der Waals surface area contributed by atoms with Crippen molar-refractivity contribution in [3.8, 4) is 5.75 Å². The zero-order valence-electron chi connectivity index (χ0n) is 17.6. The zero-order valence-corrected chi connectivity index (χ0v) is 17.6. The molecule has 4 rings (SSSR count). The Morgan fingerprint density at radius 1 is 1.29 bits per heavy atom. The smallest absolute Gasteiger partial charge is 0.331 e. The van der Waals surface area contributed by atoms with Crippen molar-refractivity contribution in [2.75, 3.05) is 0 Å².